The maximum Gasteiger partial charge on any atom is 0.253 e. The van der Waals surface area contributed by atoms with E-state index in [1.807, 2.05) is 30.9 Å². The molecule has 0 saturated carbocycles. The van der Waals surface area contributed by atoms with Gasteiger partial charge in [0.1, 0.15) is 5.75 Å². The summed E-state index contributed by atoms with van der Waals surface area (Å²) in [4.78, 5) is 18.7. The lowest BCUT2D eigenvalue weighted by Gasteiger charge is -2.32. The average molecular weight is 484 g/mol. The van der Waals surface area contributed by atoms with E-state index in [-0.39, 0.29) is 10.8 Å². The number of sulfonamides is 1. The van der Waals surface area contributed by atoms with Gasteiger partial charge in [-0.25, -0.2) is 8.42 Å². The number of aromatic nitrogens is 1. The van der Waals surface area contributed by atoms with Gasteiger partial charge in [0.05, 0.1) is 12.0 Å². The highest BCUT2D eigenvalue weighted by Crippen LogP contribution is 2.35. The van der Waals surface area contributed by atoms with E-state index >= 15 is 0 Å². The number of H-pyrrole nitrogens is 1. The third kappa shape index (κ3) is 4.44. The molecule has 7 nitrogen and oxygen atoms in total. The van der Waals surface area contributed by atoms with Crippen molar-refractivity contribution in [2.24, 2.45) is 0 Å². The number of aromatic amines is 1. The Kier molecular flexibility index (Phi) is 7.00. The minimum absolute atomic E-state index is 0.116. The number of likely N-dealkylation sites (tertiary alicyclic amines) is 1. The molecule has 1 fully saturated rings. The second-order valence-electron chi connectivity index (χ2n) is 8.79. The zero-order chi connectivity index (χ0) is 24.5. The lowest BCUT2D eigenvalue weighted by atomic mass is 9.89. The molecule has 34 heavy (non-hydrogen) atoms. The van der Waals surface area contributed by atoms with Crippen LogP contribution in [-0.4, -0.2) is 61.8 Å². The normalized spacial score (nSPS) is 15.3. The number of hydrogen-bond donors (Lipinski definition) is 1. The highest BCUT2D eigenvalue weighted by atomic mass is 32.2. The monoisotopic (exact) mass is 483 g/mol. The summed E-state index contributed by atoms with van der Waals surface area (Å²) in [5, 5.41) is 1.16. The van der Waals surface area contributed by atoms with Gasteiger partial charge in [0, 0.05) is 48.8 Å². The fourth-order valence-corrected chi connectivity index (χ4v) is 6.58. The van der Waals surface area contributed by atoms with E-state index in [1.54, 1.807) is 32.2 Å². The van der Waals surface area contributed by atoms with Crippen molar-refractivity contribution in [1.29, 1.82) is 0 Å². The number of benzene rings is 2. The van der Waals surface area contributed by atoms with Crippen molar-refractivity contribution in [3.63, 3.8) is 0 Å². The number of aryl methyl sites for hydroxylation is 1. The van der Waals surface area contributed by atoms with Crippen molar-refractivity contribution in [3.05, 3.63) is 59.3 Å². The first-order valence-electron chi connectivity index (χ1n) is 11.8. The van der Waals surface area contributed by atoms with Crippen molar-refractivity contribution in [1.82, 2.24) is 14.2 Å². The first kappa shape index (κ1) is 24.3. The molecule has 1 saturated heterocycles. The lowest BCUT2D eigenvalue weighted by molar-refractivity contribution is 0.0713. The van der Waals surface area contributed by atoms with Gasteiger partial charge in [-0.3, -0.25) is 4.79 Å². The SMILES string of the molecule is CCN(CC)S(=O)(=O)c1cc(C(=O)N2CCC(c3c[nH]c4ccc(OC)cc34)CC2)ccc1C. The minimum atomic E-state index is -3.63. The molecule has 2 heterocycles. The first-order valence-corrected chi connectivity index (χ1v) is 13.3. The predicted octanol–water partition coefficient (Wildman–Crippen LogP) is 4.54. The quantitative estimate of drug-likeness (QED) is 0.535. The van der Waals surface area contributed by atoms with Gasteiger partial charge in [0.25, 0.3) is 5.91 Å². The van der Waals surface area contributed by atoms with E-state index in [0.29, 0.717) is 43.2 Å². The van der Waals surface area contributed by atoms with Crippen molar-refractivity contribution < 1.29 is 17.9 Å². The topological polar surface area (TPSA) is 82.7 Å². The molecule has 0 radical (unpaired) electrons. The van der Waals surface area contributed by atoms with Crippen LogP contribution in [0.4, 0.5) is 0 Å². The highest BCUT2D eigenvalue weighted by molar-refractivity contribution is 7.89. The Bertz CT molecular complexity index is 1290. The van der Waals surface area contributed by atoms with Crippen LogP contribution in [0.3, 0.4) is 0 Å². The zero-order valence-corrected chi connectivity index (χ0v) is 21.1. The third-order valence-corrected chi connectivity index (χ3v) is 9.09. The largest absolute Gasteiger partial charge is 0.497 e. The molecule has 1 aromatic heterocycles. The van der Waals surface area contributed by atoms with E-state index in [1.165, 1.54) is 9.87 Å². The molecule has 0 bridgehead atoms. The fraction of sp³-hybridized carbons (Fsp3) is 0.423. The van der Waals surface area contributed by atoms with Crippen LogP contribution in [0.1, 0.15) is 54.1 Å². The van der Waals surface area contributed by atoms with Crippen LogP contribution in [0.25, 0.3) is 10.9 Å². The van der Waals surface area contributed by atoms with Crippen LogP contribution in [0.2, 0.25) is 0 Å². The van der Waals surface area contributed by atoms with Crippen LogP contribution >= 0.6 is 0 Å². The molecular weight excluding hydrogens is 450 g/mol. The third-order valence-electron chi connectivity index (χ3n) is 6.90. The summed E-state index contributed by atoms with van der Waals surface area (Å²) in [5.41, 5.74) is 3.41. The van der Waals surface area contributed by atoms with E-state index in [4.69, 9.17) is 4.74 Å². The van der Waals surface area contributed by atoms with Gasteiger partial charge in [-0.1, -0.05) is 19.9 Å². The van der Waals surface area contributed by atoms with Crippen molar-refractivity contribution in [2.75, 3.05) is 33.3 Å². The summed E-state index contributed by atoms with van der Waals surface area (Å²) in [7, 11) is -1.97. The Labute approximate surface area is 201 Å². The number of amides is 1. The number of nitrogens with zero attached hydrogens (tertiary/aromatic N) is 2. The maximum atomic E-state index is 13.3. The molecule has 0 unspecified atom stereocenters. The molecule has 0 spiro atoms. The Morgan fingerprint density at radius 2 is 1.82 bits per heavy atom. The zero-order valence-electron chi connectivity index (χ0n) is 20.3. The van der Waals surface area contributed by atoms with Gasteiger partial charge >= 0.3 is 0 Å². The molecule has 1 aliphatic heterocycles. The molecule has 1 aliphatic rings. The molecule has 1 N–H and O–H groups in total. The minimum Gasteiger partial charge on any atom is -0.497 e. The number of carbonyl (C=O) groups is 1. The maximum absolute atomic E-state index is 13.3. The standard InChI is InChI=1S/C26H33N3O4S/c1-5-29(6-2)34(31,32)25-15-20(8-7-18(25)3)26(30)28-13-11-19(12-14-28)23-17-27-24-10-9-21(33-4)16-22(23)24/h7-10,15-17,19,27H,5-6,11-14H2,1-4H3. The molecule has 182 valence electrons. The van der Waals surface area contributed by atoms with Gasteiger partial charge < -0.3 is 14.6 Å². The highest BCUT2D eigenvalue weighted by Gasteiger charge is 2.29. The molecule has 2 aromatic carbocycles. The molecule has 0 aliphatic carbocycles. The number of rotatable bonds is 7. The number of methoxy groups -OCH3 is 1. The Hall–Kier alpha value is -2.84. The van der Waals surface area contributed by atoms with Gasteiger partial charge in [-0.2, -0.15) is 4.31 Å². The van der Waals surface area contributed by atoms with Crippen LogP contribution in [0.15, 0.2) is 47.5 Å². The Morgan fingerprint density at radius 1 is 1.12 bits per heavy atom. The first-order chi connectivity index (χ1) is 16.3. The van der Waals surface area contributed by atoms with Crippen molar-refractivity contribution in [3.8, 4) is 5.75 Å². The smallest absolute Gasteiger partial charge is 0.253 e. The second-order valence-corrected chi connectivity index (χ2v) is 10.7. The van der Waals surface area contributed by atoms with E-state index in [9.17, 15) is 13.2 Å². The van der Waals surface area contributed by atoms with E-state index < -0.39 is 10.0 Å². The molecular formula is C26H33N3O4S. The lowest BCUT2D eigenvalue weighted by Crippen LogP contribution is -2.38. The van der Waals surface area contributed by atoms with Gasteiger partial charge in [0.15, 0.2) is 0 Å². The number of piperidine rings is 1. The van der Waals surface area contributed by atoms with Crippen LogP contribution in [0.5, 0.6) is 5.75 Å². The Morgan fingerprint density at radius 3 is 2.47 bits per heavy atom. The molecule has 3 aromatic rings. The number of ether oxygens (including phenoxy) is 1. The summed E-state index contributed by atoms with van der Waals surface area (Å²) >= 11 is 0. The number of carbonyl (C=O) groups excluding carboxylic acids is 1. The summed E-state index contributed by atoms with van der Waals surface area (Å²) in [6.07, 6.45) is 3.77. The van der Waals surface area contributed by atoms with Crippen LogP contribution in [-0.2, 0) is 10.0 Å². The summed E-state index contributed by atoms with van der Waals surface area (Å²) in [6.45, 7) is 7.45. The van der Waals surface area contributed by atoms with Crippen LogP contribution < -0.4 is 4.74 Å². The van der Waals surface area contributed by atoms with Gasteiger partial charge in [0.2, 0.25) is 10.0 Å². The molecule has 4 rings (SSSR count). The Balaban J connectivity index is 1.51. The van der Waals surface area contributed by atoms with Gasteiger partial charge in [-0.05, 0) is 67.1 Å². The average Bonchev–Trinajstić information content (AvgIpc) is 3.27. The second kappa shape index (κ2) is 9.80. The summed E-state index contributed by atoms with van der Waals surface area (Å²) in [5.74, 6) is 1.06. The van der Waals surface area contributed by atoms with Gasteiger partial charge in [-0.15, -0.1) is 0 Å². The fourth-order valence-electron chi connectivity index (χ4n) is 4.88. The summed E-state index contributed by atoms with van der Waals surface area (Å²) < 4.78 is 33.0. The molecule has 8 heteroatoms. The van der Waals surface area contributed by atoms with E-state index in [0.717, 1.165) is 29.5 Å². The molecule has 1 amide bonds. The van der Waals surface area contributed by atoms with Crippen LogP contribution in [0, 0.1) is 6.92 Å². The molecule has 0 atom stereocenters. The summed E-state index contributed by atoms with van der Waals surface area (Å²) in [6, 6.07) is 11.0. The van der Waals surface area contributed by atoms with Crippen molar-refractivity contribution >= 4 is 26.8 Å². The van der Waals surface area contributed by atoms with E-state index in [2.05, 4.69) is 17.2 Å². The van der Waals surface area contributed by atoms with Crippen molar-refractivity contribution in [2.45, 2.75) is 44.4 Å². The number of nitrogens with one attached hydrogen (secondary N) is 1. The number of hydrogen-bond acceptors (Lipinski definition) is 4. The predicted molar refractivity (Wildman–Crippen MR) is 134 cm³/mol. The number of fused-ring (bicyclic) bond motifs is 1.